The van der Waals surface area contributed by atoms with Gasteiger partial charge in [0.1, 0.15) is 5.69 Å². The Kier molecular flexibility index (Phi) is 6.46. The summed E-state index contributed by atoms with van der Waals surface area (Å²) in [5.74, 6) is 0.371. The summed E-state index contributed by atoms with van der Waals surface area (Å²) in [6.07, 6.45) is 1.71. The van der Waals surface area contributed by atoms with Crippen LogP contribution in [0, 0.1) is 0 Å². The maximum atomic E-state index is 12.8. The molecule has 0 radical (unpaired) electrons. The molecule has 2 heterocycles. The van der Waals surface area contributed by atoms with Gasteiger partial charge in [0.05, 0.1) is 5.69 Å². The van der Waals surface area contributed by atoms with Crippen LogP contribution >= 0.6 is 0 Å². The maximum absolute atomic E-state index is 12.8. The molecule has 1 aliphatic heterocycles. The Bertz CT molecular complexity index is 893. The van der Waals surface area contributed by atoms with E-state index in [0.717, 1.165) is 11.3 Å². The quantitative estimate of drug-likeness (QED) is 0.750. The summed E-state index contributed by atoms with van der Waals surface area (Å²) in [5, 5.41) is 3.03. The van der Waals surface area contributed by atoms with Gasteiger partial charge in [-0.1, -0.05) is 38.1 Å². The Morgan fingerprint density at radius 1 is 1.21 bits per heavy atom. The number of benzene rings is 1. The molecule has 2 aromatic rings. The molecule has 0 aliphatic carbocycles. The lowest BCUT2D eigenvalue weighted by atomic mass is 9.99. The summed E-state index contributed by atoms with van der Waals surface area (Å²) < 4.78 is 0. The van der Waals surface area contributed by atoms with E-state index in [2.05, 4.69) is 53.4 Å². The van der Waals surface area contributed by atoms with Crippen LogP contribution in [0.25, 0.3) is 0 Å². The number of anilines is 1. The molecule has 3 rings (SSSR count). The number of hydrogen-bond donors (Lipinski definition) is 2. The van der Waals surface area contributed by atoms with Crippen molar-refractivity contribution < 1.29 is 9.59 Å². The summed E-state index contributed by atoms with van der Waals surface area (Å²) in [4.78, 5) is 35.2. The first kappa shape index (κ1) is 20.8. The zero-order chi connectivity index (χ0) is 21.0. The Labute approximate surface area is 171 Å². The van der Waals surface area contributed by atoms with Crippen LogP contribution in [0.4, 0.5) is 5.95 Å². The average molecular weight is 396 g/mol. The van der Waals surface area contributed by atoms with Gasteiger partial charge < -0.3 is 16.0 Å². The number of rotatable bonds is 7. The molecule has 0 unspecified atom stereocenters. The van der Waals surface area contributed by atoms with E-state index in [-0.39, 0.29) is 11.6 Å². The number of hydrogen-bond acceptors (Lipinski definition) is 5. The normalized spacial score (nSPS) is 13.3. The van der Waals surface area contributed by atoms with E-state index < -0.39 is 5.91 Å². The molecular weight excluding hydrogens is 366 g/mol. The SMILES string of the molecule is CCNc1nc2c(c(C(N)=O)n1)CN(C(=O)CCc1ccc(C(C)C)cc1)CC2. The first-order valence-corrected chi connectivity index (χ1v) is 10.2. The van der Waals surface area contributed by atoms with Gasteiger partial charge in [-0.05, 0) is 30.4 Å². The fourth-order valence-electron chi connectivity index (χ4n) is 3.55. The van der Waals surface area contributed by atoms with E-state index in [1.807, 2.05) is 6.92 Å². The molecule has 0 spiro atoms. The number of amides is 2. The number of nitrogens with zero attached hydrogens (tertiary/aromatic N) is 3. The van der Waals surface area contributed by atoms with Gasteiger partial charge >= 0.3 is 0 Å². The second-order valence-electron chi connectivity index (χ2n) is 7.68. The number of nitrogens with one attached hydrogen (secondary N) is 1. The number of aromatic nitrogens is 2. The third-order valence-corrected chi connectivity index (χ3v) is 5.26. The second kappa shape index (κ2) is 9.03. The van der Waals surface area contributed by atoms with Crippen molar-refractivity contribution in [2.75, 3.05) is 18.4 Å². The van der Waals surface area contributed by atoms with Gasteiger partial charge in [0.15, 0.2) is 0 Å². The van der Waals surface area contributed by atoms with E-state index in [9.17, 15) is 9.59 Å². The highest BCUT2D eigenvalue weighted by molar-refractivity contribution is 5.93. The van der Waals surface area contributed by atoms with Crippen molar-refractivity contribution >= 4 is 17.8 Å². The standard InChI is InChI=1S/C22H29N5O2/c1-4-24-22-25-18-11-12-27(13-17(18)20(26-22)21(23)29)19(28)10-7-15-5-8-16(9-6-15)14(2)3/h5-6,8-9,14H,4,7,10-13H2,1-3H3,(H2,23,29)(H,24,25,26). The summed E-state index contributed by atoms with van der Waals surface area (Å²) in [7, 11) is 0. The minimum absolute atomic E-state index is 0.0646. The smallest absolute Gasteiger partial charge is 0.267 e. The first-order valence-electron chi connectivity index (χ1n) is 10.2. The molecular formula is C22H29N5O2. The lowest BCUT2D eigenvalue weighted by Crippen LogP contribution is -2.38. The zero-order valence-electron chi connectivity index (χ0n) is 17.4. The summed E-state index contributed by atoms with van der Waals surface area (Å²) >= 11 is 0. The predicted octanol–water partition coefficient (Wildman–Crippen LogP) is 2.65. The van der Waals surface area contributed by atoms with Crippen LogP contribution in [0.1, 0.15) is 66.0 Å². The number of carbonyl (C=O) groups excluding carboxylic acids is 2. The third-order valence-electron chi connectivity index (χ3n) is 5.26. The number of nitrogens with two attached hydrogens (primary N) is 1. The van der Waals surface area contributed by atoms with Crippen molar-refractivity contribution in [1.82, 2.24) is 14.9 Å². The molecule has 29 heavy (non-hydrogen) atoms. The lowest BCUT2D eigenvalue weighted by molar-refractivity contribution is -0.132. The van der Waals surface area contributed by atoms with Crippen LogP contribution in [0.15, 0.2) is 24.3 Å². The number of primary amides is 1. The molecule has 154 valence electrons. The van der Waals surface area contributed by atoms with Crippen molar-refractivity contribution in [1.29, 1.82) is 0 Å². The fourth-order valence-corrected chi connectivity index (χ4v) is 3.55. The third kappa shape index (κ3) is 4.91. The molecule has 1 aliphatic rings. The van der Waals surface area contributed by atoms with Crippen LogP contribution in [0.3, 0.4) is 0 Å². The Morgan fingerprint density at radius 3 is 2.55 bits per heavy atom. The molecule has 1 aromatic carbocycles. The average Bonchev–Trinajstić information content (AvgIpc) is 2.71. The van der Waals surface area contributed by atoms with Crippen molar-refractivity contribution in [3.63, 3.8) is 0 Å². The monoisotopic (exact) mass is 395 g/mol. The van der Waals surface area contributed by atoms with Gasteiger partial charge in [-0.25, -0.2) is 9.97 Å². The van der Waals surface area contributed by atoms with Gasteiger partial charge in [-0.2, -0.15) is 0 Å². The minimum Gasteiger partial charge on any atom is -0.364 e. The summed E-state index contributed by atoms with van der Waals surface area (Å²) in [6.45, 7) is 7.82. The van der Waals surface area contributed by atoms with E-state index in [1.54, 1.807) is 4.90 Å². The van der Waals surface area contributed by atoms with Crippen molar-refractivity contribution in [2.24, 2.45) is 5.73 Å². The Balaban J connectivity index is 1.68. The molecule has 0 bridgehead atoms. The van der Waals surface area contributed by atoms with Crippen LogP contribution in [-0.4, -0.2) is 39.8 Å². The van der Waals surface area contributed by atoms with E-state index >= 15 is 0 Å². The number of carbonyl (C=O) groups is 2. The molecule has 7 heteroatoms. The van der Waals surface area contributed by atoms with Gasteiger partial charge in [-0.3, -0.25) is 9.59 Å². The Hall–Kier alpha value is -2.96. The topological polar surface area (TPSA) is 101 Å². The van der Waals surface area contributed by atoms with E-state index in [0.29, 0.717) is 56.3 Å². The van der Waals surface area contributed by atoms with Crippen molar-refractivity contribution in [2.45, 2.75) is 52.5 Å². The van der Waals surface area contributed by atoms with Gasteiger partial charge in [0, 0.05) is 38.0 Å². The van der Waals surface area contributed by atoms with Crippen molar-refractivity contribution in [3.05, 3.63) is 52.3 Å². The molecule has 3 N–H and O–H groups in total. The van der Waals surface area contributed by atoms with Crippen molar-refractivity contribution in [3.8, 4) is 0 Å². The zero-order valence-corrected chi connectivity index (χ0v) is 17.4. The van der Waals surface area contributed by atoms with Crippen LogP contribution in [-0.2, 0) is 24.2 Å². The number of fused-ring (bicyclic) bond motifs is 1. The molecule has 7 nitrogen and oxygen atoms in total. The summed E-state index contributed by atoms with van der Waals surface area (Å²) in [5.41, 5.74) is 9.63. The number of aryl methyl sites for hydroxylation is 1. The molecule has 0 saturated carbocycles. The summed E-state index contributed by atoms with van der Waals surface area (Å²) in [6, 6.07) is 8.44. The highest BCUT2D eigenvalue weighted by Gasteiger charge is 2.27. The highest BCUT2D eigenvalue weighted by atomic mass is 16.2. The van der Waals surface area contributed by atoms with Crippen LogP contribution < -0.4 is 11.1 Å². The minimum atomic E-state index is -0.595. The van der Waals surface area contributed by atoms with Gasteiger partial charge in [-0.15, -0.1) is 0 Å². The van der Waals surface area contributed by atoms with Crippen LogP contribution in [0.2, 0.25) is 0 Å². The fraction of sp³-hybridized carbons (Fsp3) is 0.455. The molecule has 2 amide bonds. The second-order valence-corrected chi connectivity index (χ2v) is 7.68. The molecule has 1 aromatic heterocycles. The van der Waals surface area contributed by atoms with Gasteiger partial charge in [0.2, 0.25) is 11.9 Å². The highest BCUT2D eigenvalue weighted by Crippen LogP contribution is 2.23. The van der Waals surface area contributed by atoms with E-state index in [1.165, 1.54) is 5.56 Å². The largest absolute Gasteiger partial charge is 0.364 e. The van der Waals surface area contributed by atoms with Gasteiger partial charge in [0.25, 0.3) is 5.91 Å². The lowest BCUT2D eigenvalue weighted by Gasteiger charge is -2.29. The maximum Gasteiger partial charge on any atom is 0.267 e. The molecule has 0 atom stereocenters. The van der Waals surface area contributed by atoms with Crippen LogP contribution in [0.5, 0.6) is 0 Å². The van der Waals surface area contributed by atoms with E-state index in [4.69, 9.17) is 5.73 Å². The predicted molar refractivity (Wildman–Crippen MR) is 113 cm³/mol. The molecule has 0 saturated heterocycles. The first-order chi connectivity index (χ1) is 13.9. The molecule has 0 fully saturated rings. The Morgan fingerprint density at radius 2 is 1.93 bits per heavy atom.